The Morgan fingerprint density at radius 2 is 1.74 bits per heavy atom. The molecular weight excluding hydrogens is 271 g/mol. The molecule has 0 amide bonds. The van der Waals surface area contributed by atoms with Crippen molar-refractivity contribution in [1.29, 1.82) is 0 Å². The van der Waals surface area contributed by atoms with Gasteiger partial charge in [0.2, 0.25) is 0 Å². The van der Waals surface area contributed by atoms with Crippen LogP contribution in [-0.4, -0.2) is 11.0 Å². The van der Waals surface area contributed by atoms with Gasteiger partial charge in [0.25, 0.3) is 0 Å². The highest BCUT2D eigenvalue weighted by Crippen LogP contribution is 2.39. The van der Waals surface area contributed by atoms with Crippen molar-refractivity contribution in [3.63, 3.8) is 0 Å². The van der Waals surface area contributed by atoms with E-state index in [0.717, 1.165) is 11.5 Å². The van der Waals surface area contributed by atoms with Crippen LogP contribution < -0.4 is 5.32 Å². The van der Waals surface area contributed by atoms with E-state index in [-0.39, 0.29) is 22.2 Å². The highest BCUT2D eigenvalue weighted by molar-refractivity contribution is 8.00. The van der Waals surface area contributed by atoms with Crippen molar-refractivity contribution in [2.75, 3.05) is 0 Å². The lowest BCUT2D eigenvalue weighted by molar-refractivity contribution is -0.0328. The first kappa shape index (κ1) is 14.7. The smallest absolute Gasteiger partial charge is 0.307 e. The van der Waals surface area contributed by atoms with E-state index in [4.69, 9.17) is 0 Å². The SMILES string of the molecule is CC(C)(NCc1ccc(SC(F)(F)F)cc1)C1CC1. The molecule has 1 aliphatic carbocycles. The van der Waals surface area contributed by atoms with Crippen molar-refractivity contribution < 1.29 is 13.2 Å². The summed E-state index contributed by atoms with van der Waals surface area (Å²) in [5.41, 5.74) is -3.09. The third-order valence-electron chi connectivity index (χ3n) is 3.50. The maximum absolute atomic E-state index is 12.2. The second-order valence-corrected chi connectivity index (χ2v) is 6.68. The zero-order valence-electron chi connectivity index (χ0n) is 11.1. The quantitative estimate of drug-likeness (QED) is 0.796. The maximum Gasteiger partial charge on any atom is 0.446 e. The first-order chi connectivity index (χ1) is 8.76. The summed E-state index contributed by atoms with van der Waals surface area (Å²) in [6.07, 6.45) is 2.53. The van der Waals surface area contributed by atoms with Crippen LogP contribution in [0.4, 0.5) is 13.2 Å². The van der Waals surface area contributed by atoms with E-state index in [2.05, 4.69) is 19.2 Å². The van der Waals surface area contributed by atoms with Crippen LogP contribution in [0.1, 0.15) is 32.3 Å². The molecule has 1 aliphatic rings. The number of thioether (sulfide) groups is 1. The lowest BCUT2D eigenvalue weighted by Gasteiger charge is -2.26. The number of nitrogens with one attached hydrogen (secondary N) is 1. The van der Waals surface area contributed by atoms with Crippen LogP contribution in [0.15, 0.2) is 29.2 Å². The summed E-state index contributed by atoms with van der Waals surface area (Å²) in [4.78, 5) is 0.234. The molecule has 0 aromatic heterocycles. The van der Waals surface area contributed by atoms with Crippen LogP contribution in [0.25, 0.3) is 0 Å². The van der Waals surface area contributed by atoms with Crippen LogP contribution in [0.5, 0.6) is 0 Å². The maximum atomic E-state index is 12.2. The highest BCUT2D eigenvalue weighted by atomic mass is 32.2. The molecule has 0 atom stereocenters. The summed E-state index contributed by atoms with van der Waals surface area (Å²) in [7, 11) is 0. The first-order valence-corrected chi connectivity index (χ1v) is 7.18. The Labute approximate surface area is 116 Å². The molecule has 0 spiro atoms. The van der Waals surface area contributed by atoms with Gasteiger partial charge in [0.05, 0.1) is 0 Å². The largest absolute Gasteiger partial charge is 0.446 e. The fourth-order valence-electron chi connectivity index (χ4n) is 2.09. The van der Waals surface area contributed by atoms with E-state index < -0.39 is 5.51 Å². The van der Waals surface area contributed by atoms with Gasteiger partial charge in [-0.3, -0.25) is 0 Å². The monoisotopic (exact) mass is 289 g/mol. The molecule has 1 aromatic rings. The number of rotatable bonds is 5. The summed E-state index contributed by atoms with van der Waals surface area (Å²) < 4.78 is 36.6. The van der Waals surface area contributed by atoms with Crippen LogP contribution in [0, 0.1) is 5.92 Å². The molecule has 106 valence electrons. The van der Waals surface area contributed by atoms with Crippen molar-refractivity contribution >= 4 is 11.8 Å². The van der Waals surface area contributed by atoms with Crippen molar-refractivity contribution in [3.05, 3.63) is 29.8 Å². The van der Waals surface area contributed by atoms with Gasteiger partial charge in [-0.25, -0.2) is 0 Å². The van der Waals surface area contributed by atoms with Gasteiger partial charge < -0.3 is 5.32 Å². The lowest BCUT2D eigenvalue weighted by atomic mass is 9.98. The molecule has 1 nitrogen and oxygen atoms in total. The Kier molecular flexibility index (Phi) is 4.16. The molecule has 1 saturated carbocycles. The van der Waals surface area contributed by atoms with Crippen molar-refractivity contribution in [2.45, 2.75) is 49.2 Å². The summed E-state index contributed by atoms with van der Waals surface area (Å²) >= 11 is -0.0724. The molecule has 0 radical (unpaired) electrons. The highest BCUT2D eigenvalue weighted by Gasteiger charge is 2.37. The van der Waals surface area contributed by atoms with Gasteiger partial charge in [-0.15, -0.1) is 0 Å². The Morgan fingerprint density at radius 1 is 1.16 bits per heavy atom. The van der Waals surface area contributed by atoms with E-state index in [1.807, 2.05) is 0 Å². The number of benzene rings is 1. The summed E-state index contributed by atoms with van der Waals surface area (Å²) in [6, 6.07) is 6.56. The first-order valence-electron chi connectivity index (χ1n) is 6.36. The summed E-state index contributed by atoms with van der Waals surface area (Å²) in [5, 5.41) is 3.48. The van der Waals surface area contributed by atoms with Crippen LogP contribution in [0.3, 0.4) is 0 Å². The fourth-order valence-corrected chi connectivity index (χ4v) is 2.63. The Morgan fingerprint density at radius 3 is 2.21 bits per heavy atom. The van der Waals surface area contributed by atoms with Gasteiger partial charge in [0.1, 0.15) is 0 Å². The molecular formula is C14H18F3NS. The topological polar surface area (TPSA) is 12.0 Å². The summed E-state index contributed by atoms with van der Waals surface area (Å²) in [6.45, 7) is 5.05. The number of hydrogen-bond acceptors (Lipinski definition) is 2. The van der Waals surface area contributed by atoms with Gasteiger partial charge in [-0.2, -0.15) is 13.2 Å². The van der Waals surface area contributed by atoms with Gasteiger partial charge in [0.15, 0.2) is 0 Å². The van der Waals surface area contributed by atoms with E-state index in [0.29, 0.717) is 6.54 Å². The van der Waals surface area contributed by atoms with E-state index in [1.165, 1.54) is 25.0 Å². The molecule has 5 heteroatoms. The molecule has 0 saturated heterocycles. The lowest BCUT2D eigenvalue weighted by Crippen LogP contribution is -2.40. The molecule has 0 aliphatic heterocycles. The standard InChI is InChI=1S/C14H18F3NS/c1-13(2,11-5-6-11)18-9-10-3-7-12(8-4-10)19-14(15,16)17/h3-4,7-8,11,18H,5-6,9H2,1-2H3. The molecule has 2 rings (SSSR count). The van der Waals surface area contributed by atoms with Crippen LogP contribution in [0.2, 0.25) is 0 Å². The fraction of sp³-hybridized carbons (Fsp3) is 0.571. The second kappa shape index (κ2) is 5.37. The van der Waals surface area contributed by atoms with Gasteiger partial charge >= 0.3 is 5.51 Å². The third kappa shape index (κ3) is 4.73. The predicted octanol–water partition coefficient (Wildman–Crippen LogP) is 4.58. The molecule has 1 fully saturated rings. The van der Waals surface area contributed by atoms with Gasteiger partial charge in [-0.05, 0) is 62.1 Å². The van der Waals surface area contributed by atoms with Gasteiger partial charge in [-0.1, -0.05) is 12.1 Å². The molecule has 0 unspecified atom stereocenters. The number of alkyl halides is 3. The van der Waals surface area contributed by atoms with Crippen LogP contribution in [-0.2, 0) is 6.54 Å². The van der Waals surface area contributed by atoms with E-state index in [1.54, 1.807) is 12.1 Å². The summed E-state index contributed by atoms with van der Waals surface area (Å²) in [5.74, 6) is 0.729. The van der Waals surface area contributed by atoms with E-state index >= 15 is 0 Å². The average molecular weight is 289 g/mol. The third-order valence-corrected chi connectivity index (χ3v) is 4.24. The van der Waals surface area contributed by atoms with Crippen molar-refractivity contribution in [3.8, 4) is 0 Å². The Hall–Kier alpha value is -0.680. The van der Waals surface area contributed by atoms with Gasteiger partial charge in [0, 0.05) is 17.0 Å². The predicted molar refractivity (Wildman–Crippen MR) is 72.0 cm³/mol. The Bertz CT molecular complexity index is 421. The average Bonchev–Trinajstić information content (AvgIpc) is 3.10. The van der Waals surface area contributed by atoms with Crippen LogP contribution >= 0.6 is 11.8 Å². The minimum absolute atomic E-state index is 0.0724. The van der Waals surface area contributed by atoms with Crippen molar-refractivity contribution in [1.82, 2.24) is 5.32 Å². The zero-order chi connectivity index (χ0) is 14.1. The second-order valence-electron chi connectivity index (χ2n) is 5.54. The Balaban J connectivity index is 1.88. The molecule has 19 heavy (non-hydrogen) atoms. The van der Waals surface area contributed by atoms with E-state index in [9.17, 15) is 13.2 Å². The number of halogens is 3. The minimum atomic E-state index is -4.21. The minimum Gasteiger partial charge on any atom is -0.307 e. The normalized spacial score (nSPS) is 16.7. The molecule has 0 heterocycles. The number of hydrogen-bond donors (Lipinski definition) is 1. The molecule has 1 N–H and O–H groups in total. The zero-order valence-corrected chi connectivity index (χ0v) is 11.9. The molecule has 1 aromatic carbocycles. The molecule has 0 bridgehead atoms. The van der Waals surface area contributed by atoms with Crippen molar-refractivity contribution in [2.24, 2.45) is 5.92 Å².